The highest BCUT2D eigenvalue weighted by molar-refractivity contribution is 5.95. The molecule has 53 heavy (non-hydrogen) atoms. The fourth-order valence-electron chi connectivity index (χ4n) is 15.5. The molecule has 7 nitrogen and oxygen atoms in total. The third kappa shape index (κ3) is 4.72. The minimum Gasteiger partial charge on any atom is -0.392 e. The maximum atomic E-state index is 13.9. The van der Waals surface area contributed by atoms with Crippen LogP contribution in [0.25, 0.3) is 0 Å². The first-order valence-electron chi connectivity index (χ1n) is 21.4. The van der Waals surface area contributed by atoms with Gasteiger partial charge in [-0.3, -0.25) is 4.79 Å². The predicted molar refractivity (Wildman–Crippen MR) is 203 cm³/mol. The third-order valence-corrected chi connectivity index (χ3v) is 18.0. The highest BCUT2D eigenvalue weighted by atomic mass is 16.3. The van der Waals surface area contributed by atoms with Gasteiger partial charge in [-0.2, -0.15) is 0 Å². The molecular weight excluding hydrogens is 661 g/mol. The van der Waals surface area contributed by atoms with Crippen molar-refractivity contribution in [1.82, 2.24) is 9.55 Å². The van der Waals surface area contributed by atoms with Crippen molar-refractivity contribution >= 4 is 5.78 Å². The minimum atomic E-state index is -1.12. The Hall–Kier alpha value is -2.32. The lowest BCUT2D eigenvalue weighted by molar-refractivity contribution is -0.156. The molecule has 10 rings (SSSR count). The number of aryl methyl sites for hydroxylation is 1. The molecule has 4 N–H and O–H groups in total. The van der Waals surface area contributed by atoms with E-state index in [0.717, 1.165) is 50.6 Å². The summed E-state index contributed by atoms with van der Waals surface area (Å²) in [4.78, 5) is 18.2. The van der Waals surface area contributed by atoms with Crippen molar-refractivity contribution in [2.75, 3.05) is 0 Å². The second-order valence-electron chi connectivity index (χ2n) is 20.6. The molecule has 0 unspecified atom stereocenters. The maximum absolute atomic E-state index is 13.9. The van der Waals surface area contributed by atoms with Gasteiger partial charge >= 0.3 is 0 Å². The lowest BCUT2D eigenvalue weighted by Gasteiger charge is -2.61. The molecule has 1 aromatic rings. The van der Waals surface area contributed by atoms with E-state index in [2.05, 4.69) is 55.6 Å². The smallest absolute Gasteiger partial charge is 0.159 e. The number of ketones is 1. The molecule has 0 aromatic carbocycles. The molecular formula is C46H62N2O5. The summed E-state index contributed by atoms with van der Waals surface area (Å²) in [7, 11) is 0. The largest absolute Gasteiger partial charge is 0.392 e. The van der Waals surface area contributed by atoms with Crippen LogP contribution in [-0.2, 0) is 11.3 Å². The second-order valence-corrected chi connectivity index (χ2v) is 20.6. The molecule has 286 valence electrons. The van der Waals surface area contributed by atoms with Gasteiger partial charge in [-0.05, 0) is 141 Å². The molecule has 0 bridgehead atoms. The van der Waals surface area contributed by atoms with Gasteiger partial charge in [0.2, 0.25) is 0 Å². The fraction of sp³-hybridized carbons (Fsp3) is 0.739. The van der Waals surface area contributed by atoms with E-state index in [1.165, 1.54) is 25.7 Å². The monoisotopic (exact) mass is 722 g/mol. The van der Waals surface area contributed by atoms with Gasteiger partial charge in [0.05, 0.1) is 30.2 Å². The number of hydrogen-bond acceptors (Lipinski definition) is 6. The number of fused-ring (bicyclic) bond motifs is 5. The number of aliphatic hydroxyl groups is 4. The van der Waals surface area contributed by atoms with Gasteiger partial charge in [-0.1, -0.05) is 62.1 Å². The normalized spacial score (nSPS) is 48.5. The molecule has 1 aromatic heterocycles. The highest BCUT2D eigenvalue weighted by Gasteiger charge is 2.69. The van der Waals surface area contributed by atoms with Crippen molar-refractivity contribution in [3.63, 3.8) is 0 Å². The van der Waals surface area contributed by atoms with Gasteiger partial charge in [-0.15, -0.1) is 0 Å². The highest BCUT2D eigenvalue weighted by Crippen LogP contribution is 2.71. The fourth-order valence-corrected chi connectivity index (χ4v) is 15.5. The Morgan fingerprint density at radius 3 is 2.57 bits per heavy atom. The summed E-state index contributed by atoms with van der Waals surface area (Å²) in [6.07, 6.45) is 22.3. The molecule has 9 aliphatic carbocycles. The van der Waals surface area contributed by atoms with Gasteiger partial charge in [-0.25, -0.2) is 4.98 Å². The second kappa shape index (κ2) is 11.8. The summed E-state index contributed by atoms with van der Waals surface area (Å²) in [6, 6.07) is 0. The van der Waals surface area contributed by atoms with Gasteiger partial charge in [0, 0.05) is 42.1 Å². The Kier molecular flexibility index (Phi) is 7.85. The summed E-state index contributed by atoms with van der Waals surface area (Å²) in [5.74, 6) is 2.00. The van der Waals surface area contributed by atoms with Gasteiger partial charge in [0.15, 0.2) is 5.78 Å². The molecule has 9 aliphatic rings. The average molecular weight is 723 g/mol. The third-order valence-electron chi connectivity index (χ3n) is 18.0. The van der Waals surface area contributed by atoms with E-state index in [4.69, 9.17) is 0 Å². The van der Waals surface area contributed by atoms with Crippen LogP contribution >= 0.6 is 0 Å². The molecule has 0 saturated heterocycles. The number of carbonyl (C=O) groups excluding carboxylic acids is 1. The molecule has 5 saturated carbocycles. The molecule has 7 heteroatoms. The number of hydrogen-bond donors (Lipinski definition) is 4. The van der Waals surface area contributed by atoms with Crippen LogP contribution in [0.3, 0.4) is 0 Å². The summed E-state index contributed by atoms with van der Waals surface area (Å²) in [5, 5.41) is 47.8. The van der Waals surface area contributed by atoms with Gasteiger partial charge < -0.3 is 25.0 Å². The Bertz CT molecular complexity index is 1820. The number of imidazole rings is 1. The van der Waals surface area contributed by atoms with Crippen LogP contribution < -0.4 is 0 Å². The number of nitrogens with zero attached hydrogens (tertiary/aromatic N) is 2. The summed E-state index contributed by atoms with van der Waals surface area (Å²) in [5.41, 5.74) is 5.25. The van der Waals surface area contributed by atoms with Crippen molar-refractivity contribution in [1.29, 1.82) is 0 Å². The first-order chi connectivity index (χ1) is 25.3. The molecule has 0 spiro atoms. The number of aromatic nitrogens is 2. The zero-order valence-electron chi connectivity index (χ0n) is 32.4. The topological polar surface area (TPSA) is 116 Å². The van der Waals surface area contributed by atoms with E-state index in [1.54, 1.807) is 28.4 Å². The molecule has 0 amide bonds. The Labute approximate surface area is 315 Å². The van der Waals surface area contributed by atoms with Crippen LogP contribution in [0.15, 0.2) is 64.8 Å². The van der Waals surface area contributed by atoms with E-state index in [9.17, 15) is 25.2 Å². The number of carbonyl (C=O) groups is 1. The lowest BCUT2D eigenvalue weighted by atomic mass is 9.44. The molecule has 1 heterocycles. The van der Waals surface area contributed by atoms with E-state index in [1.807, 2.05) is 12.5 Å². The van der Waals surface area contributed by atoms with Crippen LogP contribution in [0.1, 0.15) is 111 Å². The Morgan fingerprint density at radius 2 is 1.77 bits per heavy atom. The van der Waals surface area contributed by atoms with Crippen LogP contribution in [0, 0.1) is 69.5 Å². The predicted octanol–water partition coefficient (Wildman–Crippen LogP) is 7.12. The Balaban J connectivity index is 1.04. The summed E-state index contributed by atoms with van der Waals surface area (Å²) >= 11 is 0. The zero-order valence-corrected chi connectivity index (χ0v) is 32.4. The van der Waals surface area contributed by atoms with Crippen LogP contribution in [0.5, 0.6) is 0 Å². The molecule has 0 radical (unpaired) electrons. The first-order valence-corrected chi connectivity index (χ1v) is 21.4. The molecule has 5 fully saturated rings. The number of aliphatic hydroxyl groups excluding tert-OH is 3. The van der Waals surface area contributed by atoms with Crippen molar-refractivity contribution in [2.24, 2.45) is 69.5 Å². The van der Waals surface area contributed by atoms with E-state index < -0.39 is 34.7 Å². The zero-order chi connectivity index (χ0) is 36.8. The van der Waals surface area contributed by atoms with Crippen LogP contribution in [-0.4, -0.2) is 59.7 Å². The number of rotatable bonds is 5. The van der Waals surface area contributed by atoms with Crippen LogP contribution in [0.2, 0.25) is 0 Å². The first kappa shape index (κ1) is 35.1. The SMILES string of the molecule is CC(C)(CCn1ccnc1)C1=C2CCC[C@H]3C=C[C@H]4CC[C@@H]5C[C@@H]([C@H]6CC[C@@]7(O)C8=CC(=O)[C@@H]9C[C@@H](O)[C@@H](O)C[C@]9(C)[C@H]8CC[C@]67C)[C@H](O)[C@@H]1C5=C4[C@H]23. The average Bonchev–Trinajstić information content (AvgIpc) is 3.75. The number of allylic oxidation sites excluding steroid dienone is 5. The quantitative estimate of drug-likeness (QED) is 0.241. The molecule has 15 atom stereocenters. The van der Waals surface area contributed by atoms with Crippen molar-refractivity contribution in [3.05, 3.63) is 64.8 Å². The maximum Gasteiger partial charge on any atom is 0.159 e. The Morgan fingerprint density at radius 1 is 0.943 bits per heavy atom. The van der Waals surface area contributed by atoms with E-state index in [-0.39, 0.29) is 40.8 Å². The van der Waals surface area contributed by atoms with E-state index >= 15 is 0 Å². The standard InChI is InChI=1S/C46H62N2O5/c1-43(2,16-18-48-19-17-47-24-48)41-28-7-5-6-25-8-9-26-10-11-27-20-29(42(52)40(41)39(27)38(26)37(25)28)30-13-15-46(53)32-21-34(49)33-22-35(50)36(51)23-44(33,3)31(32)12-14-45(30,46)4/h8-9,17,19,21,24-27,29-31,33,35-37,40,42,50-53H,5-7,10-16,18,20,22-23H2,1-4H3/t25-,26-,27+,29-,30+,31-,33-,35+,36-,37-,40+,42-,44+,45+,46+/m0/s1. The minimum absolute atomic E-state index is 0.00795. The van der Waals surface area contributed by atoms with Crippen LogP contribution in [0.4, 0.5) is 0 Å². The van der Waals surface area contributed by atoms with Crippen molar-refractivity contribution < 1.29 is 25.2 Å². The summed E-state index contributed by atoms with van der Waals surface area (Å²) < 4.78 is 2.20. The molecule has 0 aliphatic heterocycles. The van der Waals surface area contributed by atoms with E-state index in [0.29, 0.717) is 42.9 Å². The van der Waals surface area contributed by atoms with Crippen molar-refractivity contribution in [2.45, 2.75) is 142 Å². The van der Waals surface area contributed by atoms with Crippen molar-refractivity contribution in [3.8, 4) is 0 Å². The lowest BCUT2D eigenvalue weighted by Crippen LogP contribution is -2.61. The van der Waals surface area contributed by atoms with Gasteiger partial charge in [0.25, 0.3) is 0 Å². The van der Waals surface area contributed by atoms with Gasteiger partial charge in [0.1, 0.15) is 0 Å². The summed E-state index contributed by atoms with van der Waals surface area (Å²) in [6.45, 7) is 10.2.